The standard InChI is InChI=1S/C10H18NO/c1-3-9(2)12-11-8-10-6-4-5-7-10/h9-10H,3-7H2,1-2H3. The zero-order chi connectivity index (χ0) is 8.81. The van der Waals surface area contributed by atoms with Crippen molar-refractivity contribution in [1.29, 1.82) is 0 Å². The molecule has 1 aliphatic carbocycles. The molecule has 0 amide bonds. The van der Waals surface area contributed by atoms with Gasteiger partial charge in [-0.2, -0.15) is 0 Å². The normalized spacial score (nSPS) is 21.8. The first-order chi connectivity index (χ1) is 5.83. The number of hydrogen-bond acceptors (Lipinski definition) is 2. The van der Waals surface area contributed by atoms with E-state index in [9.17, 15) is 0 Å². The minimum Gasteiger partial charge on any atom is -0.393 e. The maximum absolute atomic E-state index is 5.17. The van der Waals surface area contributed by atoms with E-state index in [-0.39, 0.29) is 6.10 Å². The third-order valence-corrected chi connectivity index (χ3v) is 2.40. The van der Waals surface area contributed by atoms with Gasteiger partial charge in [-0.15, -0.1) is 0 Å². The van der Waals surface area contributed by atoms with Gasteiger partial charge in [0.15, 0.2) is 0 Å². The number of rotatable bonds is 4. The zero-order valence-electron chi connectivity index (χ0n) is 8.05. The van der Waals surface area contributed by atoms with Gasteiger partial charge in [0.1, 0.15) is 12.3 Å². The Labute approximate surface area is 75.0 Å². The molecule has 0 heterocycles. The lowest BCUT2D eigenvalue weighted by Crippen LogP contribution is -2.03. The van der Waals surface area contributed by atoms with E-state index >= 15 is 0 Å². The lowest BCUT2D eigenvalue weighted by molar-refractivity contribution is 0.0701. The summed E-state index contributed by atoms with van der Waals surface area (Å²) in [4.78, 5) is 5.17. The van der Waals surface area contributed by atoms with Gasteiger partial charge in [0.05, 0.1) is 0 Å². The van der Waals surface area contributed by atoms with Crippen LogP contribution in [0, 0.1) is 5.92 Å². The number of hydrogen-bond donors (Lipinski definition) is 0. The second kappa shape index (κ2) is 5.18. The van der Waals surface area contributed by atoms with Crippen molar-refractivity contribution in [2.45, 2.75) is 52.1 Å². The molecule has 0 aliphatic heterocycles. The van der Waals surface area contributed by atoms with Crippen molar-refractivity contribution in [2.75, 3.05) is 0 Å². The van der Waals surface area contributed by atoms with Crippen LogP contribution in [0.1, 0.15) is 46.0 Å². The van der Waals surface area contributed by atoms with Crippen LogP contribution < -0.4 is 0 Å². The molecule has 0 aromatic heterocycles. The summed E-state index contributed by atoms with van der Waals surface area (Å²) in [6.07, 6.45) is 9.44. The highest BCUT2D eigenvalue weighted by Gasteiger charge is 2.13. The highest BCUT2D eigenvalue weighted by molar-refractivity contribution is 5.60. The minimum atomic E-state index is 0.235. The van der Waals surface area contributed by atoms with Gasteiger partial charge in [0.2, 0.25) is 0 Å². The fourth-order valence-electron chi connectivity index (χ4n) is 1.32. The van der Waals surface area contributed by atoms with Gasteiger partial charge in [-0.25, -0.2) is 0 Å². The topological polar surface area (TPSA) is 21.6 Å². The Bertz CT molecular complexity index is 139. The van der Waals surface area contributed by atoms with Crippen molar-refractivity contribution in [2.24, 2.45) is 11.1 Å². The Hall–Kier alpha value is -0.530. The van der Waals surface area contributed by atoms with Crippen LogP contribution in [0.4, 0.5) is 0 Å². The second-order valence-corrected chi connectivity index (χ2v) is 3.53. The Morgan fingerprint density at radius 1 is 1.50 bits per heavy atom. The van der Waals surface area contributed by atoms with Gasteiger partial charge in [-0.05, 0) is 26.2 Å². The van der Waals surface area contributed by atoms with Crippen LogP contribution in [0.15, 0.2) is 5.16 Å². The molecule has 1 atom stereocenters. The van der Waals surface area contributed by atoms with Gasteiger partial charge in [0, 0.05) is 5.92 Å². The second-order valence-electron chi connectivity index (χ2n) is 3.53. The fourth-order valence-corrected chi connectivity index (χ4v) is 1.32. The van der Waals surface area contributed by atoms with Gasteiger partial charge >= 0.3 is 0 Å². The maximum atomic E-state index is 5.17. The Morgan fingerprint density at radius 3 is 2.75 bits per heavy atom. The lowest BCUT2D eigenvalue weighted by Gasteiger charge is -2.05. The van der Waals surface area contributed by atoms with E-state index in [1.165, 1.54) is 25.7 Å². The van der Waals surface area contributed by atoms with Gasteiger partial charge in [-0.3, -0.25) is 0 Å². The van der Waals surface area contributed by atoms with E-state index in [4.69, 9.17) is 4.84 Å². The Kier molecular flexibility index (Phi) is 4.12. The average molecular weight is 168 g/mol. The summed E-state index contributed by atoms with van der Waals surface area (Å²) in [5.74, 6) is 0.564. The van der Waals surface area contributed by atoms with Crippen molar-refractivity contribution >= 4 is 6.21 Å². The largest absolute Gasteiger partial charge is 0.393 e. The minimum absolute atomic E-state index is 0.235. The van der Waals surface area contributed by atoms with E-state index in [0.717, 1.165) is 6.42 Å². The van der Waals surface area contributed by atoms with E-state index in [2.05, 4.69) is 18.3 Å². The molecule has 2 heteroatoms. The molecule has 1 saturated carbocycles. The predicted molar refractivity (Wildman–Crippen MR) is 50.2 cm³/mol. The molecule has 0 N–H and O–H groups in total. The third kappa shape index (κ3) is 3.24. The summed E-state index contributed by atoms with van der Waals surface area (Å²) < 4.78 is 0. The van der Waals surface area contributed by atoms with Crippen molar-refractivity contribution in [3.8, 4) is 0 Å². The molecule has 0 bridgehead atoms. The van der Waals surface area contributed by atoms with E-state index in [1.54, 1.807) is 0 Å². The lowest BCUT2D eigenvalue weighted by atomic mass is 10.1. The molecule has 0 saturated heterocycles. The van der Waals surface area contributed by atoms with E-state index in [1.807, 2.05) is 6.92 Å². The van der Waals surface area contributed by atoms with Crippen molar-refractivity contribution in [1.82, 2.24) is 0 Å². The fraction of sp³-hybridized carbons (Fsp3) is 0.900. The van der Waals surface area contributed by atoms with Gasteiger partial charge < -0.3 is 4.84 Å². The smallest absolute Gasteiger partial charge is 0.124 e. The van der Waals surface area contributed by atoms with Gasteiger partial charge in [0.25, 0.3) is 0 Å². The first-order valence-electron chi connectivity index (χ1n) is 4.94. The zero-order valence-corrected chi connectivity index (χ0v) is 8.05. The maximum Gasteiger partial charge on any atom is 0.124 e. The summed E-state index contributed by atoms with van der Waals surface area (Å²) in [5, 5.41) is 3.87. The Balaban J connectivity index is 2.11. The van der Waals surface area contributed by atoms with Crippen molar-refractivity contribution in [3.05, 3.63) is 0 Å². The molecule has 1 radical (unpaired) electrons. The average Bonchev–Trinajstić information content (AvgIpc) is 2.57. The van der Waals surface area contributed by atoms with Crippen LogP contribution in [-0.2, 0) is 4.84 Å². The van der Waals surface area contributed by atoms with Crippen LogP contribution in [0.3, 0.4) is 0 Å². The molecule has 1 rings (SSSR count). The number of nitrogens with zero attached hydrogens (tertiary/aromatic N) is 1. The summed E-state index contributed by atoms with van der Waals surface area (Å²) in [6, 6.07) is 0. The summed E-state index contributed by atoms with van der Waals surface area (Å²) in [5.41, 5.74) is 0. The highest BCUT2D eigenvalue weighted by atomic mass is 16.6. The molecule has 0 aromatic carbocycles. The van der Waals surface area contributed by atoms with Crippen LogP contribution in [0.25, 0.3) is 0 Å². The van der Waals surface area contributed by atoms with Crippen LogP contribution in [0.2, 0.25) is 0 Å². The molecule has 0 aromatic rings. The molecular weight excluding hydrogens is 150 g/mol. The molecule has 69 valence electrons. The molecule has 1 unspecified atom stereocenters. The summed E-state index contributed by atoms with van der Waals surface area (Å²) in [7, 11) is 0. The monoisotopic (exact) mass is 168 g/mol. The van der Waals surface area contributed by atoms with Crippen LogP contribution >= 0.6 is 0 Å². The first-order valence-corrected chi connectivity index (χ1v) is 4.94. The molecule has 0 spiro atoms. The third-order valence-electron chi connectivity index (χ3n) is 2.40. The van der Waals surface area contributed by atoms with E-state index < -0.39 is 0 Å². The van der Waals surface area contributed by atoms with E-state index in [0.29, 0.717) is 5.92 Å². The summed E-state index contributed by atoms with van der Waals surface area (Å²) in [6.45, 7) is 4.12. The summed E-state index contributed by atoms with van der Waals surface area (Å²) >= 11 is 0. The van der Waals surface area contributed by atoms with Gasteiger partial charge in [-0.1, -0.05) is 24.9 Å². The SMILES string of the molecule is CCC(C)O/N=[C]/C1CCCC1. The predicted octanol–water partition coefficient (Wildman–Crippen LogP) is 2.85. The van der Waals surface area contributed by atoms with Crippen LogP contribution in [0.5, 0.6) is 0 Å². The molecule has 12 heavy (non-hydrogen) atoms. The molecule has 1 aliphatic rings. The van der Waals surface area contributed by atoms with Crippen molar-refractivity contribution < 1.29 is 4.84 Å². The molecule has 2 nitrogen and oxygen atoms in total. The quantitative estimate of drug-likeness (QED) is 0.467. The van der Waals surface area contributed by atoms with Crippen LogP contribution in [-0.4, -0.2) is 12.3 Å². The first kappa shape index (κ1) is 9.56. The highest BCUT2D eigenvalue weighted by Crippen LogP contribution is 2.22. The van der Waals surface area contributed by atoms with Crippen molar-refractivity contribution in [3.63, 3.8) is 0 Å². The molecular formula is C10H18NO. The Morgan fingerprint density at radius 2 is 2.17 bits per heavy atom. The molecule has 1 fully saturated rings.